The number of nitrogens with zero attached hydrogens (tertiary/aromatic N) is 3. The van der Waals surface area contributed by atoms with Crippen LogP contribution in [0.4, 0.5) is 5.69 Å². The van der Waals surface area contributed by atoms with E-state index in [-0.39, 0.29) is 42.1 Å². The normalized spacial score (nSPS) is 25.4. The van der Waals surface area contributed by atoms with Gasteiger partial charge in [-0.05, 0) is 63.1 Å². The summed E-state index contributed by atoms with van der Waals surface area (Å²) in [4.78, 5) is 62.2. The van der Waals surface area contributed by atoms with E-state index in [1.165, 1.54) is 0 Å². The van der Waals surface area contributed by atoms with E-state index in [2.05, 4.69) is 29.1 Å². The summed E-state index contributed by atoms with van der Waals surface area (Å²) in [5.74, 6) is -3.20. The summed E-state index contributed by atoms with van der Waals surface area (Å²) in [5.41, 5.74) is 2.04. The topological polar surface area (TPSA) is 117 Å². The van der Waals surface area contributed by atoms with Crippen LogP contribution >= 0.6 is 15.9 Å². The molecule has 11 heteroatoms. The highest BCUT2D eigenvalue weighted by atomic mass is 79.9. The number of fused-ring (bicyclic) bond motifs is 1. The standard InChI is InChI=1S/C42H54BrN3O7/c1-7-9-22-32(48)44(6)29(5)36(30-20-13-12-14-21-30)52-41(51)33-34-39(49)46(24-15-10-11-16-25-47)38(42(34)26-31(43)37(33)53-42)40(50)45(23-8-2)35-27(3)18-17-19-28(35)4/h7-8,12-14,17-21,29,31,33-34,36-38,47H,1-2,9-11,15-16,22-26H2,3-6H3/t29-,31?,33+,34-,36+,37+,38+,42-/m1/s1. The SMILES string of the molecule is C=CCCC(=O)N(C)[C@H](C)[C@H](OC(=O)[C@@H]1[C@H]2O[C@@]3(CC2Br)[C@H](C(=O)N(CC=C)c2c(C)cccc2C)N(CCCCCCO)C(=O)[C@@H]13)c1ccccc1. The van der Waals surface area contributed by atoms with Crippen LogP contribution in [0.2, 0.25) is 0 Å². The fourth-order valence-corrected chi connectivity index (χ4v) is 9.53. The number of aryl methyl sites for hydroxylation is 2. The minimum Gasteiger partial charge on any atom is -0.455 e. The van der Waals surface area contributed by atoms with Gasteiger partial charge in [-0.25, -0.2) is 0 Å². The maximum Gasteiger partial charge on any atom is 0.313 e. The average molecular weight is 793 g/mol. The summed E-state index contributed by atoms with van der Waals surface area (Å²) >= 11 is 3.79. The van der Waals surface area contributed by atoms with Crippen molar-refractivity contribution in [1.82, 2.24) is 9.80 Å². The van der Waals surface area contributed by atoms with E-state index in [1.807, 2.05) is 69.3 Å². The number of unbranched alkanes of at least 4 members (excludes halogenated alkanes) is 3. The van der Waals surface area contributed by atoms with Crippen molar-refractivity contribution >= 4 is 45.3 Å². The quantitative estimate of drug-likeness (QED) is 0.0825. The van der Waals surface area contributed by atoms with Gasteiger partial charge in [0.15, 0.2) is 0 Å². The molecule has 0 aliphatic carbocycles. The van der Waals surface area contributed by atoms with Gasteiger partial charge in [0, 0.05) is 43.7 Å². The fraction of sp³-hybridized carbons (Fsp3) is 0.524. The van der Waals surface area contributed by atoms with Crippen LogP contribution in [0, 0.1) is 25.7 Å². The van der Waals surface area contributed by atoms with Crippen LogP contribution in [0.5, 0.6) is 0 Å². The summed E-state index contributed by atoms with van der Waals surface area (Å²) in [6.45, 7) is 14.1. The molecular formula is C42H54BrN3O7. The fourth-order valence-electron chi connectivity index (χ4n) is 8.59. The number of carbonyl (C=O) groups excluding carboxylic acids is 4. The van der Waals surface area contributed by atoms with Gasteiger partial charge in [-0.3, -0.25) is 19.2 Å². The highest BCUT2D eigenvalue weighted by molar-refractivity contribution is 9.09. The molecule has 3 heterocycles. The van der Waals surface area contributed by atoms with Crippen molar-refractivity contribution in [3.63, 3.8) is 0 Å². The number of likely N-dealkylation sites (tertiary alicyclic amines) is 1. The minimum absolute atomic E-state index is 0.0915. The Hall–Kier alpha value is -3.80. The van der Waals surface area contributed by atoms with Crippen LogP contribution in [-0.2, 0) is 28.7 Å². The third-order valence-corrected chi connectivity index (χ3v) is 12.1. The largest absolute Gasteiger partial charge is 0.455 e. The number of rotatable bonds is 18. The van der Waals surface area contributed by atoms with Gasteiger partial charge < -0.3 is 29.3 Å². The minimum atomic E-state index is -1.27. The molecule has 2 aromatic carbocycles. The molecule has 0 aromatic heterocycles. The lowest BCUT2D eigenvalue weighted by molar-refractivity contribution is -0.164. The third-order valence-electron chi connectivity index (χ3n) is 11.3. The Balaban J connectivity index is 1.52. The number of aliphatic hydroxyl groups excluding tert-OH is 1. The van der Waals surface area contributed by atoms with Gasteiger partial charge in [0.1, 0.15) is 17.7 Å². The molecule has 8 atom stereocenters. The molecule has 1 N–H and O–H groups in total. The first-order valence-corrected chi connectivity index (χ1v) is 19.7. The molecule has 1 spiro atoms. The average Bonchev–Trinajstić information content (AvgIpc) is 3.74. The Bertz CT molecular complexity index is 1650. The lowest BCUT2D eigenvalue weighted by Gasteiger charge is -2.38. The number of allylic oxidation sites excluding steroid dienone is 1. The van der Waals surface area contributed by atoms with Crippen LogP contribution < -0.4 is 4.90 Å². The second-order valence-corrected chi connectivity index (χ2v) is 15.8. The molecule has 10 nitrogen and oxygen atoms in total. The molecule has 286 valence electrons. The number of carbonyl (C=O) groups is 4. The number of benzene rings is 2. The van der Waals surface area contributed by atoms with E-state index in [9.17, 15) is 19.5 Å². The smallest absolute Gasteiger partial charge is 0.313 e. The summed E-state index contributed by atoms with van der Waals surface area (Å²) in [5, 5.41) is 9.33. The second kappa shape index (κ2) is 17.6. The molecule has 3 saturated heterocycles. The van der Waals surface area contributed by atoms with Crippen LogP contribution in [0.1, 0.15) is 74.7 Å². The van der Waals surface area contributed by atoms with Crippen molar-refractivity contribution in [1.29, 1.82) is 0 Å². The van der Waals surface area contributed by atoms with Crippen molar-refractivity contribution in [2.24, 2.45) is 11.8 Å². The summed E-state index contributed by atoms with van der Waals surface area (Å²) in [7, 11) is 1.70. The molecule has 53 heavy (non-hydrogen) atoms. The van der Waals surface area contributed by atoms with Gasteiger partial charge in [-0.1, -0.05) is 89.5 Å². The van der Waals surface area contributed by atoms with Crippen molar-refractivity contribution in [2.45, 2.75) is 100 Å². The number of alkyl halides is 1. The van der Waals surface area contributed by atoms with Gasteiger partial charge in [0.05, 0.1) is 24.0 Å². The van der Waals surface area contributed by atoms with Gasteiger partial charge in [0.25, 0.3) is 5.91 Å². The second-order valence-electron chi connectivity index (χ2n) is 14.7. The van der Waals surface area contributed by atoms with E-state index < -0.39 is 47.7 Å². The summed E-state index contributed by atoms with van der Waals surface area (Å²) in [6.07, 6.45) is 5.85. The number of anilines is 1. The van der Waals surface area contributed by atoms with E-state index >= 15 is 4.79 Å². The zero-order valence-electron chi connectivity index (χ0n) is 31.4. The van der Waals surface area contributed by atoms with E-state index in [0.29, 0.717) is 32.2 Å². The molecule has 2 aromatic rings. The molecule has 0 saturated carbocycles. The molecule has 3 amide bonds. The van der Waals surface area contributed by atoms with Crippen LogP contribution in [0.15, 0.2) is 73.8 Å². The number of ether oxygens (including phenoxy) is 2. The summed E-state index contributed by atoms with van der Waals surface area (Å²) in [6, 6.07) is 13.6. The molecule has 5 rings (SSSR count). The third kappa shape index (κ3) is 7.89. The number of aliphatic hydroxyl groups is 1. The predicted molar refractivity (Wildman–Crippen MR) is 208 cm³/mol. The molecular weight excluding hydrogens is 738 g/mol. The monoisotopic (exact) mass is 791 g/mol. The lowest BCUT2D eigenvalue weighted by Crippen LogP contribution is -2.57. The van der Waals surface area contributed by atoms with Crippen molar-refractivity contribution in [2.75, 3.05) is 31.6 Å². The van der Waals surface area contributed by atoms with E-state index in [0.717, 1.165) is 35.2 Å². The first kappa shape index (κ1) is 40.4. The highest BCUT2D eigenvalue weighted by Crippen LogP contribution is 2.60. The molecule has 3 aliphatic heterocycles. The molecule has 2 bridgehead atoms. The van der Waals surface area contributed by atoms with Crippen LogP contribution in [0.25, 0.3) is 0 Å². The van der Waals surface area contributed by atoms with Crippen molar-refractivity contribution in [3.8, 4) is 0 Å². The Morgan fingerprint density at radius 3 is 2.38 bits per heavy atom. The maximum absolute atomic E-state index is 15.1. The number of esters is 1. The first-order chi connectivity index (χ1) is 25.4. The molecule has 3 aliphatic rings. The molecule has 3 fully saturated rings. The number of hydrogen-bond donors (Lipinski definition) is 1. The zero-order chi connectivity index (χ0) is 38.4. The maximum atomic E-state index is 15.1. The number of halogens is 1. The highest BCUT2D eigenvalue weighted by Gasteiger charge is 2.77. The Labute approximate surface area is 322 Å². The predicted octanol–water partition coefficient (Wildman–Crippen LogP) is 6.22. The van der Waals surface area contributed by atoms with Crippen molar-refractivity contribution in [3.05, 3.63) is 90.5 Å². The molecule has 0 radical (unpaired) electrons. The number of hydrogen-bond acceptors (Lipinski definition) is 7. The van der Waals surface area contributed by atoms with Crippen molar-refractivity contribution < 1.29 is 33.8 Å². The lowest BCUT2D eigenvalue weighted by atomic mass is 9.70. The number of likely N-dealkylation sites (N-methyl/N-ethyl adjacent to an activating group) is 1. The summed E-state index contributed by atoms with van der Waals surface area (Å²) < 4.78 is 13.2. The number of amides is 3. The molecule has 1 unspecified atom stereocenters. The zero-order valence-corrected chi connectivity index (χ0v) is 33.0. The van der Waals surface area contributed by atoms with Gasteiger partial charge in [-0.15, -0.1) is 13.2 Å². The van der Waals surface area contributed by atoms with Crippen LogP contribution in [0.3, 0.4) is 0 Å². The van der Waals surface area contributed by atoms with Gasteiger partial charge in [-0.2, -0.15) is 0 Å². The Morgan fingerprint density at radius 2 is 1.74 bits per heavy atom. The Morgan fingerprint density at radius 1 is 1.06 bits per heavy atom. The van der Waals surface area contributed by atoms with E-state index in [1.54, 1.807) is 33.9 Å². The first-order valence-electron chi connectivity index (χ1n) is 18.8. The Kier molecular flexibility index (Phi) is 13.4. The van der Waals surface area contributed by atoms with Gasteiger partial charge >= 0.3 is 5.97 Å². The number of para-hydroxylation sites is 1. The van der Waals surface area contributed by atoms with Crippen LogP contribution in [-0.4, -0.2) is 94.0 Å². The van der Waals surface area contributed by atoms with Gasteiger partial charge in [0.2, 0.25) is 11.8 Å². The van der Waals surface area contributed by atoms with E-state index in [4.69, 9.17) is 9.47 Å².